The predicted octanol–water partition coefficient (Wildman–Crippen LogP) is -5.28. The summed E-state index contributed by atoms with van der Waals surface area (Å²) >= 11 is 0. The number of carbonyl (C=O) groups is 3. The summed E-state index contributed by atoms with van der Waals surface area (Å²) in [5.41, 5.74) is 0. The van der Waals surface area contributed by atoms with Crippen molar-refractivity contribution in [2.24, 2.45) is 0 Å². The van der Waals surface area contributed by atoms with Crippen LogP contribution in [0, 0.1) is 0 Å². The Kier molecular flexibility index (Phi) is 198. The van der Waals surface area contributed by atoms with Gasteiger partial charge in [0.2, 0.25) is 0 Å². The van der Waals surface area contributed by atoms with Gasteiger partial charge in [-0.15, -0.1) is 0 Å². The van der Waals surface area contributed by atoms with Crippen molar-refractivity contribution in [1.82, 2.24) is 0 Å². The Bertz CT molecular complexity index is 49.7. The zero-order chi connectivity index (χ0) is 8.12. The van der Waals surface area contributed by atoms with E-state index < -0.39 is 19.4 Å². The number of rotatable bonds is 0. The summed E-state index contributed by atoms with van der Waals surface area (Å²) in [6.07, 6.45) is 0. The van der Waals surface area contributed by atoms with Crippen LogP contribution in [0.15, 0.2) is 0 Å². The van der Waals surface area contributed by atoms with E-state index in [4.69, 9.17) is 29.7 Å². The third-order valence-electron chi connectivity index (χ3n) is 0. The first-order chi connectivity index (χ1) is 4.24. The molecule has 56 valence electrons. The third-order valence-corrected chi connectivity index (χ3v) is 0. The molecule has 0 spiro atoms. The van der Waals surface area contributed by atoms with Crippen molar-refractivity contribution in [3.05, 3.63) is 0 Å². The summed E-state index contributed by atoms with van der Waals surface area (Å²) in [5, 5.41) is 24.8. The molecule has 2 radical (unpaired) electrons. The molecule has 0 aliphatic rings. The molecule has 0 aliphatic carbocycles. The van der Waals surface area contributed by atoms with Crippen molar-refractivity contribution in [2.75, 3.05) is 0 Å². The minimum absolute atomic E-state index is 0. The summed E-state index contributed by atoms with van der Waals surface area (Å²) in [4.78, 5) is 24.8. The van der Waals surface area contributed by atoms with Crippen LogP contribution in [0.25, 0.3) is 0 Å². The molecule has 7 heteroatoms. The van der Waals surface area contributed by atoms with Crippen molar-refractivity contribution >= 4 is 43.8 Å². The van der Waals surface area contributed by atoms with Gasteiger partial charge in [-0.3, -0.25) is 0 Å². The molecule has 0 aromatic carbocycles. The second-order valence-corrected chi connectivity index (χ2v) is 0.289. The molecular formula is C3H3O6Sb. The van der Waals surface area contributed by atoms with Gasteiger partial charge in [0.05, 0.1) is 0 Å². The van der Waals surface area contributed by atoms with E-state index in [1.54, 1.807) is 0 Å². The Labute approximate surface area is 73.9 Å². The number of carboxylic acid groups (broad SMARTS) is 3. The van der Waals surface area contributed by atoms with Crippen LogP contribution in [0.2, 0.25) is 0 Å². The average molecular weight is 257 g/mol. The van der Waals surface area contributed by atoms with E-state index in [1.807, 2.05) is 0 Å². The molecular weight excluding hydrogens is 254 g/mol. The molecule has 10 heavy (non-hydrogen) atoms. The van der Waals surface area contributed by atoms with Crippen molar-refractivity contribution in [1.29, 1.82) is 0 Å². The molecule has 0 N–H and O–H groups in total. The van der Waals surface area contributed by atoms with E-state index in [0.29, 0.717) is 0 Å². The van der Waals surface area contributed by atoms with Crippen LogP contribution >= 0.6 is 0 Å². The normalized spacial score (nSPS) is 3.60. The fraction of sp³-hybridized carbons (Fsp3) is 0. The molecule has 0 saturated carbocycles. The number of carbonyl (C=O) groups excluding carboxylic acids is 3. The van der Waals surface area contributed by atoms with E-state index in [2.05, 4.69) is 0 Å². The second kappa shape index (κ2) is 86.6. The third kappa shape index (κ3) is 471. The smallest absolute Gasteiger partial charge is 0.554 e. The van der Waals surface area contributed by atoms with Gasteiger partial charge in [-0.2, -0.15) is 0 Å². The minimum Gasteiger partial charge on any atom is -0.554 e. The van der Waals surface area contributed by atoms with Gasteiger partial charge in [0.15, 0.2) is 0 Å². The largest absolute Gasteiger partial charge is 3.00 e. The monoisotopic (exact) mass is 256 g/mol. The molecule has 0 aliphatic heterocycles. The van der Waals surface area contributed by atoms with Gasteiger partial charge < -0.3 is 29.7 Å². The number of hydrogen-bond acceptors (Lipinski definition) is 6. The maximum absolute atomic E-state index is 8.25. The van der Waals surface area contributed by atoms with Crippen LogP contribution in [0.1, 0.15) is 0 Å². The van der Waals surface area contributed by atoms with Crippen LogP contribution in [-0.2, 0) is 14.4 Å². The molecule has 0 fully saturated rings. The summed E-state index contributed by atoms with van der Waals surface area (Å²) < 4.78 is 0. The quantitative estimate of drug-likeness (QED) is 0.315. The molecule has 0 saturated heterocycles. The van der Waals surface area contributed by atoms with E-state index in [0.717, 1.165) is 0 Å². The van der Waals surface area contributed by atoms with Gasteiger partial charge in [0.1, 0.15) is 0 Å². The van der Waals surface area contributed by atoms with Crippen molar-refractivity contribution in [2.45, 2.75) is 0 Å². The van der Waals surface area contributed by atoms with Crippen LogP contribution in [-0.4, -0.2) is 43.8 Å². The maximum Gasteiger partial charge on any atom is 3.00 e. The maximum atomic E-state index is 8.25. The Morgan fingerprint density at radius 1 is 0.700 bits per heavy atom. The van der Waals surface area contributed by atoms with Crippen LogP contribution < -0.4 is 15.3 Å². The summed E-state index contributed by atoms with van der Waals surface area (Å²) in [6, 6.07) is 0. The molecule has 0 heterocycles. The Morgan fingerprint density at radius 3 is 0.700 bits per heavy atom. The Balaban J connectivity index is -0.0000000257. The molecule has 0 amide bonds. The number of hydrogen-bond donors (Lipinski definition) is 0. The van der Waals surface area contributed by atoms with Gasteiger partial charge in [-0.05, 0) is 0 Å². The van der Waals surface area contributed by atoms with E-state index in [9.17, 15) is 0 Å². The zero-order valence-electron chi connectivity index (χ0n) is 4.63. The Hall–Kier alpha value is -0.772. The summed E-state index contributed by atoms with van der Waals surface area (Å²) in [7, 11) is 0. The second-order valence-electron chi connectivity index (χ2n) is 0.289. The van der Waals surface area contributed by atoms with Crippen LogP contribution in [0.5, 0.6) is 0 Å². The van der Waals surface area contributed by atoms with E-state index in [1.165, 1.54) is 0 Å². The predicted molar refractivity (Wildman–Crippen MR) is 23.9 cm³/mol. The fourth-order valence-electron chi connectivity index (χ4n) is 0. The first-order valence-electron chi connectivity index (χ1n) is 1.41. The molecule has 0 aromatic rings. The first kappa shape index (κ1) is 22.9. The van der Waals surface area contributed by atoms with Gasteiger partial charge in [0.25, 0.3) is 0 Å². The fourth-order valence-corrected chi connectivity index (χ4v) is 0. The minimum atomic E-state index is -0.500. The molecule has 0 unspecified atom stereocenters. The topological polar surface area (TPSA) is 120 Å². The molecule has 6 nitrogen and oxygen atoms in total. The molecule has 0 rings (SSSR count). The van der Waals surface area contributed by atoms with Crippen molar-refractivity contribution in [3.8, 4) is 0 Å². The van der Waals surface area contributed by atoms with Crippen molar-refractivity contribution in [3.63, 3.8) is 0 Å². The van der Waals surface area contributed by atoms with Gasteiger partial charge >= 0.3 is 24.4 Å². The van der Waals surface area contributed by atoms with Gasteiger partial charge in [0, 0.05) is 19.4 Å². The van der Waals surface area contributed by atoms with Gasteiger partial charge in [-0.25, -0.2) is 0 Å². The molecule has 0 aromatic heterocycles. The zero-order valence-corrected chi connectivity index (χ0v) is 7.18. The van der Waals surface area contributed by atoms with Gasteiger partial charge in [-0.1, -0.05) is 0 Å². The SMILES string of the molecule is O=C[O-].O=C[O-].O=C[O-].[Sb+3]. The van der Waals surface area contributed by atoms with E-state index in [-0.39, 0.29) is 24.4 Å². The molecule has 0 bridgehead atoms. The summed E-state index contributed by atoms with van der Waals surface area (Å²) in [6.45, 7) is -1.50. The van der Waals surface area contributed by atoms with Crippen molar-refractivity contribution < 1.29 is 29.7 Å². The Morgan fingerprint density at radius 2 is 0.700 bits per heavy atom. The van der Waals surface area contributed by atoms with E-state index >= 15 is 0 Å². The average Bonchev–Trinajstić information content (AvgIpc) is 1.70. The van der Waals surface area contributed by atoms with Crippen LogP contribution in [0.4, 0.5) is 0 Å². The summed E-state index contributed by atoms with van der Waals surface area (Å²) in [5.74, 6) is 0. The molecule has 0 atom stereocenters. The van der Waals surface area contributed by atoms with Crippen LogP contribution in [0.3, 0.4) is 0 Å². The first-order valence-corrected chi connectivity index (χ1v) is 1.41. The standard InChI is InChI=1S/3CH2O2.Sb/c3*2-1-3;/h3*1H,(H,2,3);/q;;;+3/p-3.